The first-order valence-electron chi connectivity index (χ1n) is 12.1. The van der Waals surface area contributed by atoms with Gasteiger partial charge in [-0.2, -0.15) is 8.78 Å². The Hall–Kier alpha value is -3.16. The van der Waals surface area contributed by atoms with E-state index in [9.17, 15) is 26.6 Å². The van der Waals surface area contributed by atoms with Gasteiger partial charge >= 0.3 is 12.3 Å². The third kappa shape index (κ3) is 5.10. The normalized spacial score (nSPS) is 26.4. The average molecular weight is 574 g/mol. The number of carbonyl (C=O) groups excluding carboxylic acids is 1. The number of fused-ring (bicyclic) bond motifs is 1. The van der Waals surface area contributed by atoms with Gasteiger partial charge in [0.2, 0.25) is 0 Å². The molecule has 0 aliphatic carbocycles. The van der Waals surface area contributed by atoms with E-state index in [0.717, 1.165) is 18.3 Å². The van der Waals surface area contributed by atoms with E-state index in [0.29, 0.717) is 19.4 Å². The summed E-state index contributed by atoms with van der Waals surface area (Å²) in [7, 11) is -2.95. The fourth-order valence-corrected chi connectivity index (χ4v) is 7.94. The minimum atomic E-state index is -4.33. The molecule has 14 heteroatoms. The van der Waals surface area contributed by atoms with Gasteiger partial charge in [0.05, 0.1) is 27.6 Å². The number of aromatic nitrogens is 2. The number of aliphatic imine (C=N–C) groups is 1. The third-order valence-electron chi connectivity index (χ3n) is 7.12. The molecule has 4 heterocycles. The van der Waals surface area contributed by atoms with E-state index in [4.69, 9.17) is 5.73 Å². The fourth-order valence-electron chi connectivity index (χ4n) is 4.71. The molecule has 0 radical (unpaired) electrons. The molecule has 2 aromatic heterocycles. The molecular formula is C25H28F5N5O3S. The number of amidine groups is 1. The Morgan fingerprint density at radius 3 is 2.59 bits per heavy atom. The molecule has 0 aromatic carbocycles. The van der Waals surface area contributed by atoms with Crippen LogP contribution in [0, 0.1) is 5.82 Å². The summed E-state index contributed by atoms with van der Waals surface area (Å²) in [6.07, 6.45) is -2.10. The van der Waals surface area contributed by atoms with Gasteiger partial charge in [0.1, 0.15) is 39.1 Å². The summed E-state index contributed by atoms with van der Waals surface area (Å²) >= 11 is 0. The van der Waals surface area contributed by atoms with E-state index in [1.807, 2.05) is 0 Å². The van der Waals surface area contributed by atoms with Crippen molar-refractivity contribution in [2.75, 3.05) is 13.2 Å². The number of hydrogen-bond acceptors (Lipinski definition) is 8. The van der Waals surface area contributed by atoms with Crippen LogP contribution < -0.4 is 10.5 Å². The number of ketones is 1. The molecule has 0 unspecified atom stereocenters. The lowest BCUT2D eigenvalue weighted by Gasteiger charge is -2.47. The fraction of sp³-hybridized carbons (Fsp3) is 0.520. The molecule has 0 saturated heterocycles. The maximum absolute atomic E-state index is 15.2. The molecule has 212 valence electrons. The first-order valence-corrected chi connectivity index (χ1v) is 13.7. The van der Waals surface area contributed by atoms with E-state index < -0.39 is 55.8 Å². The lowest BCUT2D eigenvalue weighted by Crippen LogP contribution is -2.60. The van der Waals surface area contributed by atoms with E-state index in [-0.39, 0.29) is 35.1 Å². The second kappa shape index (κ2) is 10.1. The van der Waals surface area contributed by atoms with Crippen LogP contribution in [-0.2, 0) is 21.7 Å². The lowest BCUT2D eigenvalue weighted by molar-refractivity contribution is -0.148. The Bertz CT molecular complexity index is 1420. The molecule has 4 rings (SSSR count). The zero-order valence-electron chi connectivity index (χ0n) is 21.5. The van der Waals surface area contributed by atoms with Crippen LogP contribution in [0.1, 0.15) is 55.5 Å². The van der Waals surface area contributed by atoms with Gasteiger partial charge in [-0.05, 0) is 57.9 Å². The molecule has 0 amide bonds. The number of hydrogen-bond donors (Lipinski definition) is 1. The molecule has 0 saturated carbocycles. The van der Waals surface area contributed by atoms with Crippen LogP contribution in [0.5, 0.6) is 5.75 Å². The zero-order chi connectivity index (χ0) is 28.8. The highest BCUT2D eigenvalue weighted by molar-refractivity contribution is 7.96. The number of pyridine rings is 2. The highest BCUT2D eigenvalue weighted by atomic mass is 32.2. The molecule has 0 fully saturated rings. The summed E-state index contributed by atoms with van der Waals surface area (Å²) in [6.45, 7) is 3.89. The van der Waals surface area contributed by atoms with Crippen molar-refractivity contribution in [3.8, 4) is 5.75 Å². The van der Waals surface area contributed by atoms with Crippen molar-refractivity contribution in [1.29, 1.82) is 0 Å². The van der Waals surface area contributed by atoms with Crippen molar-refractivity contribution in [1.82, 2.24) is 9.97 Å². The van der Waals surface area contributed by atoms with Gasteiger partial charge in [0.25, 0.3) is 0 Å². The van der Waals surface area contributed by atoms with E-state index in [1.165, 1.54) is 12.1 Å². The minimum absolute atomic E-state index is 0.0716. The second-order valence-corrected chi connectivity index (χ2v) is 13.2. The number of Topliss-reactive ketones (excluding diaryl/α,β-unsaturated/α-hetero) is 1. The van der Waals surface area contributed by atoms with Gasteiger partial charge in [-0.1, -0.05) is 0 Å². The average Bonchev–Trinajstić information content (AvgIpc) is 2.88. The molecule has 2 aromatic rings. The van der Waals surface area contributed by atoms with E-state index in [1.54, 1.807) is 20.8 Å². The van der Waals surface area contributed by atoms with Crippen molar-refractivity contribution in [3.63, 3.8) is 0 Å². The standard InChI is InChI=1S/C25H28F5N5O3S/c1-23(2)22(31)35-24(3,19-5-4-10-33-39(19,23)37)20-16(26)8-6-14(34-20)11-18(36)17-9-7-15(12-32-17)38-13-25(29,30)21(27)28/h6-9,12,19,21H,4-5,10-11,13H2,1-3H3,(H2,31,35)/t19-,24+,39-/m1/s1. The largest absolute Gasteiger partial charge is 0.485 e. The molecule has 2 aliphatic heterocycles. The summed E-state index contributed by atoms with van der Waals surface area (Å²) in [6, 6.07) is 4.82. The molecule has 0 bridgehead atoms. The highest BCUT2D eigenvalue weighted by Crippen LogP contribution is 2.46. The number of nitrogens with two attached hydrogens (primary N) is 1. The monoisotopic (exact) mass is 573 g/mol. The van der Waals surface area contributed by atoms with Crippen molar-refractivity contribution < 1.29 is 35.7 Å². The molecule has 8 nitrogen and oxygen atoms in total. The summed E-state index contributed by atoms with van der Waals surface area (Å²) in [4.78, 5) is 25.7. The van der Waals surface area contributed by atoms with Crippen LogP contribution >= 0.6 is 0 Å². The van der Waals surface area contributed by atoms with Crippen molar-refractivity contribution in [3.05, 3.63) is 53.4 Å². The number of ether oxygens (including phenoxy) is 1. The second-order valence-electron chi connectivity index (χ2n) is 10.2. The van der Waals surface area contributed by atoms with Crippen LogP contribution in [0.15, 0.2) is 39.8 Å². The quantitative estimate of drug-likeness (QED) is 0.371. The number of rotatable bonds is 8. The molecule has 0 spiro atoms. The third-order valence-corrected chi connectivity index (χ3v) is 10.8. The Balaban J connectivity index is 1.58. The summed E-state index contributed by atoms with van der Waals surface area (Å²) < 4.78 is 88.1. The van der Waals surface area contributed by atoms with Crippen molar-refractivity contribution in [2.24, 2.45) is 15.1 Å². The van der Waals surface area contributed by atoms with Crippen molar-refractivity contribution >= 4 is 21.3 Å². The van der Waals surface area contributed by atoms with Gasteiger partial charge in [-0.15, -0.1) is 0 Å². The van der Waals surface area contributed by atoms with Gasteiger partial charge < -0.3 is 10.5 Å². The summed E-state index contributed by atoms with van der Waals surface area (Å²) in [5.41, 5.74) is 4.87. The topological polar surface area (TPSA) is 120 Å². The molecular weight excluding hydrogens is 545 g/mol. The predicted molar refractivity (Wildman–Crippen MR) is 134 cm³/mol. The Morgan fingerprint density at radius 1 is 1.23 bits per heavy atom. The Kier molecular flexibility index (Phi) is 7.47. The van der Waals surface area contributed by atoms with Gasteiger partial charge in [0.15, 0.2) is 12.4 Å². The molecule has 39 heavy (non-hydrogen) atoms. The maximum atomic E-state index is 15.2. The summed E-state index contributed by atoms with van der Waals surface area (Å²) in [5.74, 6) is -5.70. The maximum Gasteiger partial charge on any atom is 0.340 e. The van der Waals surface area contributed by atoms with Crippen LogP contribution in [0.3, 0.4) is 0 Å². The highest BCUT2D eigenvalue weighted by Gasteiger charge is 2.56. The zero-order valence-corrected chi connectivity index (χ0v) is 22.3. The molecule has 2 N–H and O–H groups in total. The lowest BCUT2D eigenvalue weighted by atomic mass is 9.88. The van der Waals surface area contributed by atoms with Crippen LogP contribution in [0.25, 0.3) is 0 Å². The minimum Gasteiger partial charge on any atom is -0.485 e. The number of alkyl halides is 4. The smallest absolute Gasteiger partial charge is 0.340 e. The van der Waals surface area contributed by atoms with Gasteiger partial charge in [-0.25, -0.2) is 26.7 Å². The number of nitrogens with zero attached hydrogens (tertiary/aromatic N) is 4. The number of halogens is 5. The molecule has 3 atom stereocenters. The Labute approximate surface area is 222 Å². The van der Waals surface area contributed by atoms with E-state index >= 15 is 4.39 Å². The predicted octanol–water partition coefficient (Wildman–Crippen LogP) is 4.32. The number of carbonyl (C=O) groups is 1. The van der Waals surface area contributed by atoms with Gasteiger partial charge in [-0.3, -0.25) is 14.8 Å². The molecule has 2 aliphatic rings. The van der Waals surface area contributed by atoms with Crippen LogP contribution in [-0.4, -0.2) is 61.3 Å². The van der Waals surface area contributed by atoms with Crippen LogP contribution in [0.2, 0.25) is 0 Å². The van der Waals surface area contributed by atoms with E-state index in [2.05, 4.69) is 24.1 Å². The van der Waals surface area contributed by atoms with Crippen molar-refractivity contribution in [2.45, 2.75) is 67.9 Å². The first-order chi connectivity index (χ1) is 18.1. The Morgan fingerprint density at radius 2 is 1.95 bits per heavy atom. The van der Waals surface area contributed by atoms with Crippen LogP contribution in [0.4, 0.5) is 22.0 Å². The summed E-state index contributed by atoms with van der Waals surface area (Å²) in [5, 5.41) is -0.652. The SMILES string of the molecule is CC1(C)C(N)=N[C@](C)(c2nc(CC(=O)c3ccc(OCC(F)(F)C(F)F)cn3)ccc2F)[C@H]2CCCN=[S@@]21=O. The van der Waals surface area contributed by atoms with Gasteiger partial charge in [0, 0.05) is 12.2 Å². The first kappa shape index (κ1) is 28.8.